The van der Waals surface area contributed by atoms with Crippen molar-refractivity contribution in [3.63, 3.8) is 0 Å². The lowest BCUT2D eigenvalue weighted by molar-refractivity contribution is -0.146. The maximum absolute atomic E-state index is 12.4. The van der Waals surface area contributed by atoms with Crippen molar-refractivity contribution in [2.75, 3.05) is 6.54 Å². The molecule has 3 rings (SSSR count). The zero-order valence-corrected chi connectivity index (χ0v) is 11.8. The molecular weight excluding hydrogens is 317 g/mol. The number of carbonyl (C=O) groups excluding carboxylic acids is 1. The first-order valence-corrected chi connectivity index (χ1v) is 7.02. The van der Waals surface area contributed by atoms with E-state index in [2.05, 4.69) is 29.7 Å². The lowest BCUT2D eigenvalue weighted by Gasteiger charge is -2.03. The molecule has 0 aliphatic heterocycles. The molecule has 10 heteroatoms. The van der Waals surface area contributed by atoms with Gasteiger partial charge < -0.3 is 14.4 Å². The van der Waals surface area contributed by atoms with Crippen LogP contribution in [0, 0.1) is 5.92 Å². The van der Waals surface area contributed by atoms with E-state index in [-0.39, 0.29) is 11.8 Å². The summed E-state index contributed by atoms with van der Waals surface area (Å²) in [4.78, 5) is 15.2. The predicted octanol–water partition coefficient (Wildman–Crippen LogP) is 1.93. The number of amides is 1. The highest BCUT2D eigenvalue weighted by Gasteiger charge is 2.49. The van der Waals surface area contributed by atoms with E-state index in [1.807, 2.05) is 0 Å². The van der Waals surface area contributed by atoms with Gasteiger partial charge >= 0.3 is 6.18 Å². The van der Waals surface area contributed by atoms with Crippen molar-refractivity contribution in [1.29, 1.82) is 0 Å². The molecule has 0 aromatic carbocycles. The molecular formula is C13H13F3N4O3. The number of aromatic nitrogens is 3. The van der Waals surface area contributed by atoms with Crippen LogP contribution in [0.1, 0.15) is 36.0 Å². The van der Waals surface area contributed by atoms with Gasteiger partial charge in [-0.25, -0.2) is 0 Å². The third kappa shape index (κ3) is 3.69. The fourth-order valence-electron chi connectivity index (χ4n) is 2.24. The van der Waals surface area contributed by atoms with Gasteiger partial charge in [0.25, 0.3) is 5.82 Å². The van der Waals surface area contributed by atoms with E-state index in [4.69, 9.17) is 0 Å². The first-order valence-electron chi connectivity index (χ1n) is 7.02. The summed E-state index contributed by atoms with van der Waals surface area (Å²) in [6, 6.07) is 0. The molecule has 2 aromatic heterocycles. The molecule has 2 atom stereocenters. The standard InChI is InChI=1S/C13H13F3N4O3/c14-13(15,16)12-19-11(23-20-12)9-4-8(9)10(21)17-3-1-2-7-5-18-22-6-7/h5-6,8-9H,1-4H2,(H,17,21)/t8-,9+/m0/s1. The summed E-state index contributed by atoms with van der Waals surface area (Å²) in [6.45, 7) is 0.463. The van der Waals surface area contributed by atoms with Gasteiger partial charge in [-0.3, -0.25) is 4.79 Å². The van der Waals surface area contributed by atoms with Gasteiger partial charge in [0, 0.05) is 12.1 Å². The number of hydrogen-bond acceptors (Lipinski definition) is 6. The Labute approximate surface area is 128 Å². The van der Waals surface area contributed by atoms with E-state index >= 15 is 0 Å². The molecule has 1 aliphatic rings. The summed E-state index contributed by atoms with van der Waals surface area (Å²) in [5, 5.41) is 9.20. The quantitative estimate of drug-likeness (QED) is 0.813. The summed E-state index contributed by atoms with van der Waals surface area (Å²) >= 11 is 0. The predicted molar refractivity (Wildman–Crippen MR) is 68.0 cm³/mol. The highest BCUT2D eigenvalue weighted by Crippen LogP contribution is 2.47. The molecule has 0 unspecified atom stereocenters. The first kappa shape index (κ1) is 15.5. The second-order valence-electron chi connectivity index (χ2n) is 5.33. The SMILES string of the molecule is O=C(NCCCc1cnoc1)[C@H]1C[C@H]1c1nc(C(F)(F)F)no1. The van der Waals surface area contributed by atoms with E-state index in [0.29, 0.717) is 19.4 Å². The van der Waals surface area contributed by atoms with E-state index in [9.17, 15) is 18.0 Å². The number of hydrogen-bond donors (Lipinski definition) is 1. The fourth-order valence-corrected chi connectivity index (χ4v) is 2.24. The van der Waals surface area contributed by atoms with Gasteiger partial charge in [0.1, 0.15) is 6.26 Å². The van der Waals surface area contributed by atoms with Crippen LogP contribution < -0.4 is 5.32 Å². The Kier molecular flexibility index (Phi) is 4.05. The second kappa shape index (κ2) is 6.01. The molecule has 2 heterocycles. The van der Waals surface area contributed by atoms with E-state index in [1.165, 1.54) is 6.26 Å². The summed E-state index contributed by atoms with van der Waals surface area (Å²) in [5.74, 6) is -2.51. The molecule has 1 N–H and O–H groups in total. The van der Waals surface area contributed by atoms with Crippen molar-refractivity contribution in [1.82, 2.24) is 20.6 Å². The molecule has 7 nitrogen and oxygen atoms in total. The van der Waals surface area contributed by atoms with Crippen LogP contribution >= 0.6 is 0 Å². The first-order chi connectivity index (χ1) is 10.9. The molecule has 1 fully saturated rings. The molecule has 1 aliphatic carbocycles. The van der Waals surface area contributed by atoms with Gasteiger partial charge in [0.2, 0.25) is 11.8 Å². The maximum atomic E-state index is 12.4. The lowest BCUT2D eigenvalue weighted by atomic mass is 10.2. The van der Waals surface area contributed by atoms with Gasteiger partial charge in [-0.2, -0.15) is 18.2 Å². The van der Waals surface area contributed by atoms with E-state index < -0.39 is 23.8 Å². The monoisotopic (exact) mass is 330 g/mol. The van der Waals surface area contributed by atoms with Crippen molar-refractivity contribution in [2.24, 2.45) is 5.92 Å². The Morgan fingerprint density at radius 3 is 2.91 bits per heavy atom. The Morgan fingerprint density at radius 1 is 1.43 bits per heavy atom. The van der Waals surface area contributed by atoms with E-state index in [1.54, 1.807) is 6.20 Å². The van der Waals surface area contributed by atoms with Gasteiger partial charge in [0.05, 0.1) is 18.0 Å². The summed E-state index contributed by atoms with van der Waals surface area (Å²) in [7, 11) is 0. The highest BCUT2D eigenvalue weighted by molar-refractivity contribution is 5.82. The Morgan fingerprint density at radius 2 is 2.26 bits per heavy atom. The fraction of sp³-hybridized carbons (Fsp3) is 0.538. The molecule has 0 spiro atoms. The number of carbonyl (C=O) groups is 1. The van der Waals surface area contributed by atoms with Crippen molar-refractivity contribution in [2.45, 2.75) is 31.4 Å². The largest absolute Gasteiger partial charge is 0.455 e. The third-order valence-corrected chi connectivity index (χ3v) is 3.56. The van der Waals surface area contributed by atoms with Gasteiger partial charge in [-0.15, -0.1) is 0 Å². The van der Waals surface area contributed by atoms with E-state index in [0.717, 1.165) is 12.0 Å². The van der Waals surface area contributed by atoms with Crippen LogP contribution in [0.3, 0.4) is 0 Å². The summed E-state index contributed by atoms with van der Waals surface area (Å²) in [5.41, 5.74) is 0.939. The Hall–Kier alpha value is -2.39. The minimum Gasteiger partial charge on any atom is -0.364 e. The van der Waals surface area contributed by atoms with Crippen molar-refractivity contribution >= 4 is 5.91 Å². The number of aryl methyl sites for hydroxylation is 1. The average Bonchev–Trinajstić information content (AvgIpc) is 2.91. The third-order valence-electron chi connectivity index (χ3n) is 3.56. The molecule has 23 heavy (non-hydrogen) atoms. The number of rotatable bonds is 6. The van der Waals surface area contributed by atoms with Crippen LogP contribution in [0.5, 0.6) is 0 Å². The van der Waals surface area contributed by atoms with Crippen LogP contribution in [0.2, 0.25) is 0 Å². The Bertz CT molecular complexity index is 668. The molecule has 0 saturated heterocycles. The van der Waals surface area contributed by atoms with Gasteiger partial charge in [-0.05, 0) is 19.3 Å². The van der Waals surface area contributed by atoms with Crippen LogP contribution in [-0.4, -0.2) is 27.7 Å². The molecule has 0 bridgehead atoms. The smallest absolute Gasteiger partial charge is 0.364 e. The van der Waals surface area contributed by atoms with Crippen LogP contribution in [0.4, 0.5) is 13.2 Å². The second-order valence-corrected chi connectivity index (χ2v) is 5.33. The van der Waals surface area contributed by atoms with Crippen LogP contribution in [-0.2, 0) is 17.4 Å². The number of nitrogens with one attached hydrogen (secondary N) is 1. The number of alkyl halides is 3. The van der Waals surface area contributed by atoms with Crippen molar-refractivity contribution < 1.29 is 27.0 Å². The van der Waals surface area contributed by atoms with Crippen molar-refractivity contribution in [3.05, 3.63) is 29.7 Å². The molecule has 1 saturated carbocycles. The number of nitrogens with zero attached hydrogens (tertiary/aromatic N) is 3. The molecule has 124 valence electrons. The lowest BCUT2D eigenvalue weighted by Crippen LogP contribution is -2.26. The normalized spacial score (nSPS) is 20.5. The van der Waals surface area contributed by atoms with Crippen LogP contribution in [0.25, 0.3) is 0 Å². The minimum atomic E-state index is -4.64. The zero-order chi connectivity index (χ0) is 16.4. The molecule has 1 amide bonds. The zero-order valence-electron chi connectivity index (χ0n) is 11.8. The highest BCUT2D eigenvalue weighted by atomic mass is 19.4. The number of halogens is 3. The maximum Gasteiger partial charge on any atom is 0.455 e. The van der Waals surface area contributed by atoms with Crippen LogP contribution in [0.15, 0.2) is 21.5 Å². The van der Waals surface area contributed by atoms with Crippen molar-refractivity contribution in [3.8, 4) is 0 Å². The minimum absolute atomic E-state index is 0.137. The topological polar surface area (TPSA) is 94.1 Å². The van der Waals surface area contributed by atoms with Gasteiger partial charge in [0.15, 0.2) is 0 Å². The molecule has 2 aromatic rings. The Balaban J connectivity index is 1.43. The summed E-state index contributed by atoms with van der Waals surface area (Å²) < 4.78 is 46.4. The summed E-state index contributed by atoms with van der Waals surface area (Å²) in [6.07, 6.45) is 0.339. The molecule has 0 radical (unpaired) electrons. The average molecular weight is 330 g/mol. The van der Waals surface area contributed by atoms with Gasteiger partial charge in [-0.1, -0.05) is 10.3 Å².